The number of amides is 2. The van der Waals surface area contributed by atoms with Crippen LogP contribution in [0, 0.1) is 6.92 Å². The number of carbonyl (C=O) groups is 2. The molecule has 22 heavy (non-hydrogen) atoms. The van der Waals surface area contributed by atoms with Gasteiger partial charge < -0.3 is 10.2 Å². The first-order valence-corrected chi connectivity index (χ1v) is 8.88. The van der Waals surface area contributed by atoms with Crippen LogP contribution >= 0.6 is 22.7 Å². The van der Waals surface area contributed by atoms with Crippen LogP contribution in [-0.4, -0.2) is 41.3 Å². The van der Waals surface area contributed by atoms with Gasteiger partial charge in [0.05, 0.1) is 12.2 Å². The van der Waals surface area contributed by atoms with E-state index in [-0.39, 0.29) is 18.4 Å². The van der Waals surface area contributed by atoms with Gasteiger partial charge in [0.1, 0.15) is 9.88 Å². The van der Waals surface area contributed by atoms with E-state index < -0.39 is 0 Å². The van der Waals surface area contributed by atoms with Gasteiger partial charge in [-0.05, 0) is 32.2 Å². The highest BCUT2D eigenvalue weighted by molar-refractivity contribution is 7.17. The van der Waals surface area contributed by atoms with Gasteiger partial charge >= 0.3 is 0 Å². The van der Waals surface area contributed by atoms with Gasteiger partial charge in [0, 0.05) is 24.0 Å². The van der Waals surface area contributed by atoms with Crippen molar-refractivity contribution in [2.24, 2.45) is 0 Å². The van der Waals surface area contributed by atoms with Gasteiger partial charge in [-0.15, -0.1) is 11.3 Å². The maximum atomic E-state index is 12.6. The zero-order valence-corrected chi connectivity index (χ0v) is 14.5. The monoisotopic (exact) mass is 337 g/mol. The lowest BCUT2D eigenvalue weighted by molar-refractivity contribution is -0.121. The SMILES string of the molecule is CCNC(=O)CN(CC)C(=O)c1sc(-c2ccsc2)nc1C. The van der Waals surface area contributed by atoms with Crippen LogP contribution in [0.5, 0.6) is 0 Å². The molecule has 2 amide bonds. The molecule has 7 heteroatoms. The highest BCUT2D eigenvalue weighted by Gasteiger charge is 2.22. The molecule has 0 saturated heterocycles. The first kappa shape index (κ1) is 16.6. The van der Waals surface area contributed by atoms with Crippen LogP contribution in [-0.2, 0) is 4.79 Å². The van der Waals surface area contributed by atoms with E-state index in [2.05, 4.69) is 10.3 Å². The van der Waals surface area contributed by atoms with E-state index in [1.807, 2.05) is 37.6 Å². The molecule has 0 aliphatic heterocycles. The Kier molecular flexibility index (Phi) is 5.68. The maximum Gasteiger partial charge on any atom is 0.266 e. The van der Waals surface area contributed by atoms with Crippen LogP contribution < -0.4 is 5.32 Å². The number of nitrogens with one attached hydrogen (secondary N) is 1. The summed E-state index contributed by atoms with van der Waals surface area (Å²) in [5.41, 5.74) is 1.74. The minimum Gasteiger partial charge on any atom is -0.355 e. The Labute approximate surface area is 138 Å². The lowest BCUT2D eigenvalue weighted by Crippen LogP contribution is -2.40. The number of hydrogen-bond donors (Lipinski definition) is 1. The van der Waals surface area contributed by atoms with Gasteiger partial charge in [-0.25, -0.2) is 4.98 Å². The maximum absolute atomic E-state index is 12.6. The van der Waals surface area contributed by atoms with E-state index in [0.717, 1.165) is 10.6 Å². The van der Waals surface area contributed by atoms with Gasteiger partial charge in [-0.2, -0.15) is 11.3 Å². The van der Waals surface area contributed by atoms with Gasteiger partial charge in [0.25, 0.3) is 5.91 Å². The lowest BCUT2D eigenvalue weighted by Gasteiger charge is -2.19. The molecule has 5 nitrogen and oxygen atoms in total. The van der Waals surface area contributed by atoms with Crippen molar-refractivity contribution in [2.45, 2.75) is 20.8 Å². The molecule has 2 rings (SSSR count). The molecule has 2 aromatic rings. The number of rotatable bonds is 6. The molecular weight excluding hydrogens is 318 g/mol. The van der Waals surface area contributed by atoms with Gasteiger partial charge in [0.2, 0.25) is 5.91 Å². The fraction of sp³-hybridized carbons (Fsp3) is 0.400. The van der Waals surface area contributed by atoms with E-state index in [9.17, 15) is 9.59 Å². The molecule has 0 bridgehead atoms. The van der Waals surface area contributed by atoms with E-state index in [0.29, 0.717) is 23.7 Å². The molecule has 0 spiro atoms. The fourth-order valence-corrected chi connectivity index (χ4v) is 3.75. The van der Waals surface area contributed by atoms with Crippen LogP contribution in [0.15, 0.2) is 16.8 Å². The summed E-state index contributed by atoms with van der Waals surface area (Å²) in [5.74, 6) is -0.275. The smallest absolute Gasteiger partial charge is 0.266 e. The van der Waals surface area contributed by atoms with Crippen LogP contribution in [0.4, 0.5) is 0 Å². The molecule has 118 valence electrons. The number of thiazole rings is 1. The molecule has 0 saturated carbocycles. The molecule has 0 atom stereocenters. The second kappa shape index (κ2) is 7.51. The van der Waals surface area contributed by atoms with Crippen molar-refractivity contribution < 1.29 is 9.59 Å². The van der Waals surface area contributed by atoms with Crippen molar-refractivity contribution in [3.8, 4) is 10.6 Å². The molecule has 0 aliphatic rings. The number of aryl methyl sites for hydroxylation is 1. The number of nitrogens with zero attached hydrogens (tertiary/aromatic N) is 2. The number of carbonyl (C=O) groups excluding carboxylic acids is 2. The highest BCUT2D eigenvalue weighted by atomic mass is 32.1. The number of aromatic nitrogens is 1. The summed E-state index contributed by atoms with van der Waals surface area (Å²) in [7, 11) is 0. The summed E-state index contributed by atoms with van der Waals surface area (Å²) in [6.07, 6.45) is 0. The summed E-state index contributed by atoms with van der Waals surface area (Å²) in [6, 6.07) is 1.99. The Balaban J connectivity index is 2.19. The molecule has 0 aromatic carbocycles. The number of likely N-dealkylation sites (N-methyl/N-ethyl adjacent to an activating group) is 2. The molecular formula is C15H19N3O2S2. The molecule has 0 radical (unpaired) electrons. The summed E-state index contributed by atoms with van der Waals surface area (Å²) in [5, 5.41) is 7.56. The molecule has 0 aliphatic carbocycles. The highest BCUT2D eigenvalue weighted by Crippen LogP contribution is 2.30. The summed E-state index contributed by atoms with van der Waals surface area (Å²) in [4.78, 5) is 31.0. The Morgan fingerprint density at radius 2 is 2.14 bits per heavy atom. The molecule has 1 N–H and O–H groups in total. The van der Waals surface area contributed by atoms with Crippen molar-refractivity contribution in [1.82, 2.24) is 15.2 Å². The minimum atomic E-state index is -0.141. The molecule has 0 fully saturated rings. The quantitative estimate of drug-likeness (QED) is 0.881. The third kappa shape index (κ3) is 3.72. The first-order chi connectivity index (χ1) is 10.6. The Morgan fingerprint density at radius 1 is 1.36 bits per heavy atom. The zero-order chi connectivity index (χ0) is 16.1. The Hall–Kier alpha value is -1.73. The lowest BCUT2D eigenvalue weighted by atomic mass is 10.3. The second-order valence-corrected chi connectivity index (χ2v) is 6.50. The van der Waals surface area contributed by atoms with Crippen LogP contribution in [0.2, 0.25) is 0 Å². The van der Waals surface area contributed by atoms with E-state index >= 15 is 0 Å². The average Bonchev–Trinajstić information content (AvgIpc) is 3.13. The van der Waals surface area contributed by atoms with Crippen molar-refractivity contribution >= 4 is 34.5 Å². The number of hydrogen-bond acceptors (Lipinski definition) is 5. The van der Waals surface area contributed by atoms with Crippen LogP contribution in [0.1, 0.15) is 29.2 Å². The molecule has 0 unspecified atom stereocenters. The van der Waals surface area contributed by atoms with Gasteiger partial charge in [0.15, 0.2) is 0 Å². The largest absolute Gasteiger partial charge is 0.355 e. The summed E-state index contributed by atoms with van der Waals surface area (Å²) in [6.45, 7) is 6.69. The van der Waals surface area contributed by atoms with Crippen molar-refractivity contribution in [3.63, 3.8) is 0 Å². The van der Waals surface area contributed by atoms with Gasteiger partial charge in [-0.1, -0.05) is 0 Å². The Bertz CT molecular complexity index is 650. The average molecular weight is 337 g/mol. The minimum absolute atomic E-state index is 0.0777. The van der Waals surface area contributed by atoms with E-state index in [4.69, 9.17) is 0 Å². The summed E-state index contributed by atoms with van der Waals surface area (Å²) >= 11 is 2.98. The van der Waals surface area contributed by atoms with Crippen molar-refractivity contribution in [3.05, 3.63) is 27.4 Å². The fourth-order valence-electron chi connectivity index (χ4n) is 2.00. The first-order valence-electron chi connectivity index (χ1n) is 7.12. The van der Waals surface area contributed by atoms with Gasteiger partial charge in [-0.3, -0.25) is 9.59 Å². The third-order valence-electron chi connectivity index (χ3n) is 3.14. The van der Waals surface area contributed by atoms with Crippen molar-refractivity contribution in [2.75, 3.05) is 19.6 Å². The third-order valence-corrected chi connectivity index (χ3v) is 5.01. The van der Waals surface area contributed by atoms with E-state index in [1.54, 1.807) is 16.2 Å². The van der Waals surface area contributed by atoms with Crippen LogP contribution in [0.3, 0.4) is 0 Å². The Morgan fingerprint density at radius 3 is 2.73 bits per heavy atom. The van der Waals surface area contributed by atoms with Crippen molar-refractivity contribution in [1.29, 1.82) is 0 Å². The predicted molar refractivity (Wildman–Crippen MR) is 90.4 cm³/mol. The number of thiophene rings is 1. The molecule has 2 aromatic heterocycles. The van der Waals surface area contributed by atoms with E-state index in [1.165, 1.54) is 11.3 Å². The predicted octanol–water partition coefficient (Wildman–Crippen LogP) is 2.78. The zero-order valence-electron chi connectivity index (χ0n) is 12.9. The standard InChI is InChI=1S/C15H19N3O2S2/c1-4-16-12(19)8-18(5-2)15(20)13-10(3)17-14(22-13)11-6-7-21-9-11/h6-7,9H,4-5,8H2,1-3H3,(H,16,19). The normalized spacial score (nSPS) is 10.5. The topological polar surface area (TPSA) is 62.3 Å². The molecule has 2 heterocycles. The second-order valence-electron chi connectivity index (χ2n) is 4.72. The van der Waals surface area contributed by atoms with Crippen LogP contribution in [0.25, 0.3) is 10.6 Å². The summed E-state index contributed by atoms with van der Waals surface area (Å²) < 4.78 is 0.